The summed E-state index contributed by atoms with van der Waals surface area (Å²) in [6.07, 6.45) is 7.26. The number of hydrogen-bond acceptors (Lipinski definition) is 4. The van der Waals surface area contributed by atoms with E-state index in [4.69, 9.17) is 4.74 Å². The molecule has 1 fully saturated rings. The minimum absolute atomic E-state index is 0.262. The average molecular weight is 277 g/mol. The molecule has 0 radical (unpaired) electrons. The highest BCUT2D eigenvalue weighted by molar-refractivity contribution is 5.09. The van der Waals surface area contributed by atoms with E-state index in [0.717, 1.165) is 31.6 Å². The molecule has 1 aromatic rings. The lowest BCUT2D eigenvalue weighted by molar-refractivity contribution is 0.0528. The molecule has 0 aliphatic heterocycles. The topological polar surface area (TPSA) is 47.0 Å². The molecule has 0 amide bonds. The fraction of sp³-hybridized carbons (Fsp3) is 0.750. The van der Waals surface area contributed by atoms with Gasteiger partial charge in [-0.05, 0) is 37.1 Å². The molecule has 2 rings (SSSR count). The third-order valence-corrected chi connectivity index (χ3v) is 3.85. The van der Waals surface area contributed by atoms with Crippen molar-refractivity contribution < 1.29 is 4.74 Å². The van der Waals surface area contributed by atoms with Gasteiger partial charge in [-0.25, -0.2) is 4.98 Å². The van der Waals surface area contributed by atoms with Crippen LogP contribution in [0, 0.1) is 11.3 Å². The van der Waals surface area contributed by atoms with Gasteiger partial charge in [0.1, 0.15) is 6.10 Å². The lowest BCUT2D eigenvalue weighted by atomic mass is 9.71. The molecule has 0 spiro atoms. The first kappa shape index (κ1) is 15.2. The maximum atomic E-state index is 6.08. The van der Waals surface area contributed by atoms with Gasteiger partial charge >= 0.3 is 0 Å². The van der Waals surface area contributed by atoms with Crippen LogP contribution in [0.1, 0.15) is 52.7 Å². The van der Waals surface area contributed by atoms with Gasteiger partial charge < -0.3 is 10.1 Å². The molecule has 20 heavy (non-hydrogen) atoms. The van der Waals surface area contributed by atoms with E-state index in [0.29, 0.717) is 17.2 Å². The summed E-state index contributed by atoms with van der Waals surface area (Å²) in [5.41, 5.74) is 1.30. The smallest absolute Gasteiger partial charge is 0.232 e. The summed E-state index contributed by atoms with van der Waals surface area (Å²) in [6, 6.07) is 0. The van der Waals surface area contributed by atoms with Gasteiger partial charge in [0.2, 0.25) is 5.88 Å². The third kappa shape index (κ3) is 4.44. The second-order valence-corrected chi connectivity index (χ2v) is 6.78. The molecule has 4 heteroatoms. The molecule has 0 aromatic carbocycles. The van der Waals surface area contributed by atoms with Crippen molar-refractivity contribution in [2.45, 2.75) is 59.6 Å². The normalized spacial score (nSPS) is 25.4. The van der Waals surface area contributed by atoms with Gasteiger partial charge in [-0.3, -0.25) is 4.98 Å². The highest BCUT2D eigenvalue weighted by Gasteiger charge is 2.33. The van der Waals surface area contributed by atoms with E-state index in [1.54, 1.807) is 12.4 Å². The van der Waals surface area contributed by atoms with E-state index in [1.165, 1.54) is 6.42 Å². The minimum Gasteiger partial charge on any atom is -0.473 e. The maximum Gasteiger partial charge on any atom is 0.232 e. The Morgan fingerprint density at radius 2 is 2.15 bits per heavy atom. The van der Waals surface area contributed by atoms with Crippen LogP contribution in [0.2, 0.25) is 0 Å². The summed E-state index contributed by atoms with van der Waals surface area (Å²) >= 11 is 0. The molecule has 1 aliphatic rings. The largest absolute Gasteiger partial charge is 0.473 e. The predicted molar refractivity (Wildman–Crippen MR) is 80.6 cm³/mol. The lowest BCUT2D eigenvalue weighted by Crippen LogP contribution is -2.34. The van der Waals surface area contributed by atoms with Crippen LogP contribution in [0.25, 0.3) is 0 Å². The van der Waals surface area contributed by atoms with Gasteiger partial charge in [0.15, 0.2) is 0 Å². The van der Waals surface area contributed by atoms with Crippen molar-refractivity contribution in [2.75, 3.05) is 6.54 Å². The first-order chi connectivity index (χ1) is 9.48. The number of hydrogen-bond donors (Lipinski definition) is 1. The Morgan fingerprint density at radius 1 is 1.35 bits per heavy atom. The zero-order valence-electron chi connectivity index (χ0n) is 13.1. The van der Waals surface area contributed by atoms with Crippen molar-refractivity contribution in [1.82, 2.24) is 15.3 Å². The molecule has 0 bridgehead atoms. The minimum atomic E-state index is 0.262. The van der Waals surface area contributed by atoms with E-state index in [2.05, 4.69) is 43.0 Å². The molecule has 2 unspecified atom stereocenters. The van der Waals surface area contributed by atoms with Crippen LogP contribution in [-0.4, -0.2) is 22.6 Å². The van der Waals surface area contributed by atoms with Gasteiger partial charge in [-0.2, -0.15) is 0 Å². The van der Waals surface area contributed by atoms with E-state index in [-0.39, 0.29) is 6.10 Å². The van der Waals surface area contributed by atoms with Crippen molar-refractivity contribution in [1.29, 1.82) is 0 Å². The highest BCUT2D eigenvalue weighted by Crippen LogP contribution is 2.39. The molecule has 0 saturated heterocycles. The van der Waals surface area contributed by atoms with Gasteiger partial charge in [0.05, 0.1) is 11.9 Å². The molecule has 1 saturated carbocycles. The standard InChI is InChI=1S/C16H27N3O/c1-5-17-9-13-10-18-11-15(19-13)20-14-6-12(2)7-16(3,4)8-14/h10-12,14,17H,5-9H2,1-4H3. The Balaban J connectivity index is 1.98. The highest BCUT2D eigenvalue weighted by atomic mass is 16.5. The van der Waals surface area contributed by atoms with Crippen molar-refractivity contribution >= 4 is 0 Å². The number of ether oxygens (including phenoxy) is 1. The summed E-state index contributed by atoms with van der Waals surface area (Å²) in [6.45, 7) is 10.7. The third-order valence-electron chi connectivity index (χ3n) is 3.85. The molecule has 1 aromatic heterocycles. The number of nitrogens with zero attached hydrogens (tertiary/aromatic N) is 2. The van der Waals surface area contributed by atoms with Crippen LogP contribution < -0.4 is 10.1 Å². The summed E-state index contributed by atoms with van der Waals surface area (Å²) < 4.78 is 6.08. The van der Waals surface area contributed by atoms with Crippen molar-refractivity contribution in [3.05, 3.63) is 18.1 Å². The first-order valence-electron chi connectivity index (χ1n) is 7.67. The van der Waals surface area contributed by atoms with E-state index < -0.39 is 0 Å². The monoisotopic (exact) mass is 277 g/mol. The lowest BCUT2D eigenvalue weighted by Gasteiger charge is -2.38. The van der Waals surface area contributed by atoms with Crippen LogP contribution in [0.4, 0.5) is 0 Å². The Morgan fingerprint density at radius 3 is 2.85 bits per heavy atom. The van der Waals surface area contributed by atoms with Gasteiger partial charge in [-0.15, -0.1) is 0 Å². The summed E-state index contributed by atoms with van der Waals surface area (Å²) in [5.74, 6) is 1.37. The van der Waals surface area contributed by atoms with Gasteiger partial charge in [-0.1, -0.05) is 27.7 Å². The molecule has 1 aliphatic carbocycles. The van der Waals surface area contributed by atoms with Gasteiger partial charge in [0, 0.05) is 12.7 Å². The SMILES string of the molecule is CCNCc1cncc(OC2CC(C)CC(C)(C)C2)n1. The van der Waals surface area contributed by atoms with E-state index >= 15 is 0 Å². The number of rotatable bonds is 5. The van der Waals surface area contributed by atoms with E-state index in [1.807, 2.05) is 0 Å². The molecule has 2 atom stereocenters. The van der Waals surface area contributed by atoms with Crippen LogP contribution in [0.5, 0.6) is 5.88 Å². The van der Waals surface area contributed by atoms with E-state index in [9.17, 15) is 0 Å². The Hall–Kier alpha value is -1.16. The van der Waals surface area contributed by atoms with Crippen molar-refractivity contribution in [3.8, 4) is 5.88 Å². The Labute approximate surface area is 122 Å². The van der Waals surface area contributed by atoms with Crippen molar-refractivity contribution in [3.63, 3.8) is 0 Å². The fourth-order valence-corrected chi connectivity index (χ4v) is 3.30. The molecule has 1 heterocycles. The first-order valence-corrected chi connectivity index (χ1v) is 7.67. The summed E-state index contributed by atoms with van der Waals surface area (Å²) in [7, 11) is 0. The maximum absolute atomic E-state index is 6.08. The molecular weight excluding hydrogens is 250 g/mol. The number of nitrogens with one attached hydrogen (secondary N) is 1. The molecular formula is C16H27N3O. The molecule has 4 nitrogen and oxygen atoms in total. The fourth-order valence-electron chi connectivity index (χ4n) is 3.30. The second-order valence-electron chi connectivity index (χ2n) is 6.78. The Bertz CT molecular complexity index is 433. The summed E-state index contributed by atoms with van der Waals surface area (Å²) in [5, 5.41) is 3.26. The average Bonchev–Trinajstić information content (AvgIpc) is 2.34. The van der Waals surface area contributed by atoms with Crippen molar-refractivity contribution in [2.24, 2.45) is 11.3 Å². The zero-order chi connectivity index (χ0) is 14.6. The van der Waals surface area contributed by atoms with Crippen LogP contribution in [0.3, 0.4) is 0 Å². The Kier molecular flexibility index (Phi) is 4.97. The zero-order valence-corrected chi connectivity index (χ0v) is 13.1. The predicted octanol–water partition coefficient (Wildman–Crippen LogP) is 3.18. The molecule has 1 N–H and O–H groups in total. The van der Waals surface area contributed by atoms with Crippen LogP contribution in [-0.2, 0) is 6.54 Å². The van der Waals surface area contributed by atoms with Gasteiger partial charge in [0.25, 0.3) is 0 Å². The van der Waals surface area contributed by atoms with Crippen LogP contribution in [0.15, 0.2) is 12.4 Å². The molecule has 112 valence electrons. The number of aromatic nitrogens is 2. The quantitative estimate of drug-likeness (QED) is 0.898. The van der Waals surface area contributed by atoms with Crippen LogP contribution >= 0.6 is 0 Å². The summed E-state index contributed by atoms with van der Waals surface area (Å²) in [4.78, 5) is 8.76. The second kappa shape index (κ2) is 6.53.